The minimum atomic E-state index is -4.63. The maximum atomic E-state index is 13.0. The first-order valence-corrected chi connectivity index (χ1v) is 12.2. The van der Waals surface area contributed by atoms with E-state index in [0.29, 0.717) is 16.5 Å². The fraction of sp³-hybridized carbons (Fsp3) is 0.444. The predicted octanol–water partition coefficient (Wildman–Crippen LogP) is 2.24. The Morgan fingerprint density at radius 2 is 2.06 bits per heavy atom. The SMILES string of the molecule is Cc1sc(N)nc1-c1cn([C@@H]2C(O)[C@@H](Sc3cnc(C(F)(F)F)c(Br)c3)OC(CO)[C@@H]2O)nn1. The molecule has 16 heteroatoms. The van der Waals surface area contributed by atoms with Crippen molar-refractivity contribution in [3.8, 4) is 11.4 Å². The van der Waals surface area contributed by atoms with Gasteiger partial charge in [-0.1, -0.05) is 17.0 Å². The van der Waals surface area contributed by atoms with Crippen LogP contribution in [0.3, 0.4) is 0 Å². The molecule has 184 valence electrons. The van der Waals surface area contributed by atoms with Gasteiger partial charge in [0.15, 0.2) is 10.8 Å². The van der Waals surface area contributed by atoms with Crippen molar-refractivity contribution in [1.29, 1.82) is 0 Å². The molecule has 0 bridgehead atoms. The molecule has 4 heterocycles. The Labute approximate surface area is 207 Å². The lowest BCUT2D eigenvalue weighted by Gasteiger charge is -2.41. The van der Waals surface area contributed by atoms with Gasteiger partial charge < -0.3 is 25.8 Å². The molecular weight excluding hydrogens is 565 g/mol. The number of aliphatic hydroxyl groups excluding tert-OH is 3. The molecule has 0 aromatic carbocycles. The zero-order valence-electron chi connectivity index (χ0n) is 17.2. The number of alkyl halides is 3. The Hall–Kier alpha value is -1.82. The summed E-state index contributed by atoms with van der Waals surface area (Å²) < 4.78 is 45.6. The summed E-state index contributed by atoms with van der Waals surface area (Å²) in [5, 5.41) is 39.8. The molecule has 1 saturated heterocycles. The predicted molar refractivity (Wildman–Crippen MR) is 120 cm³/mol. The molecule has 5 atom stereocenters. The third-order valence-corrected chi connectivity index (χ3v) is 7.58. The van der Waals surface area contributed by atoms with Gasteiger partial charge in [0.05, 0.1) is 12.8 Å². The average molecular weight is 583 g/mol. The molecule has 10 nitrogen and oxygen atoms in total. The summed E-state index contributed by atoms with van der Waals surface area (Å²) in [5.74, 6) is 0. The van der Waals surface area contributed by atoms with Crippen molar-refractivity contribution >= 4 is 44.2 Å². The summed E-state index contributed by atoms with van der Waals surface area (Å²) in [6, 6.07) is 0.125. The van der Waals surface area contributed by atoms with Crippen LogP contribution in [0, 0.1) is 6.92 Å². The number of pyridine rings is 1. The van der Waals surface area contributed by atoms with Gasteiger partial charge >= 0.3 is 6.18 Å². The Balaban J connectivity index is 1.61. The topological polar surface area (TPSA) is 152 Å². The van der Waals surface area contributed by atoms with E-state index in [0.717, 1.165) is 22.8 Å². The number of thiazole rings is 1. The van der Waals surface area contributed by atoms with Crippen molar-refractivity contribution in [3.63, 3.8) is 0 Å². The van der Waals surface area contributed by atoms with E-state index in [2.05, 4.69) is 36.2 Å². The third-order valence-electron chi connectivity index (χ3n) is 5.06. The van der Waals surface area contributed by atoms with Gasteiger partial charge in [-0.05, 0) is 28.9 Å². The lowest BCUT2D eigenvalue weighted by molar-refractivity contribution is -0.178. The maximum Gasteiger partial charge on any atom is 0.434 e. The third kappa shape index (κ3) is 4.93. The molecule has 4 rings (SSSR count). The van der Waals surface area contributed by atoms with Crippen LogP contribution in [0.15, 0.2) is 27.8 Å². The van der Waals surface area contributed by atoms with Crippen molar-refractivity contribution < 1.29 is 33.2 Å². The second-order valence-electron chi connectivity index (χ2n) is 7.36. The number of aromatic nitrogens is 5. The van der Waals surface area contributed by atoms with Gasteiger partial charge in [0.2, 0.25) is 0 Å². The summed E-state index contributed by atoms with van der Waals surface area (Å²) >= 11 is 5.03. The standard InChI is InChI=1S/C18H18BrF3N6O4S2/c1-6-11(25-17(23)33-6)9-4-28(27-26-9)12-13(30)10(5-29)32-16(14(12)31)34-7-2-8(19)15(24-3-7)18(20,21)22/h2-4,10,12-14,16,29-31H,5H2,1H3,(H2,23,25)/t10?,12-,13-,14?,16+/m0/s1. The van der Waals surface area contributed by atoms with Crippen LogP contribution in [0.1, 0.15) is 16.6 Å². The number of aliphatic hydroxyl groups is 3. The molecule has 0 amide bonds. The quantitative estimate of drug-likeness (QED) is 0.352. The molecule has 1 aliphatic heterocycles. The Kier molecular flexibility index (Phi) is 7.19. The number of nitrogen functional groups attached to an aromatic ring is 1. The Morgan fingerprint density at radius 3 is 2.65 bits per heavy atom. The summed E-state index contributed by atoms with van der Waals surface area (Å²) in [7, 11) is 0. The minimum Gasteiger partial charge on any atom is -0.394 e. The first-order chi connectivity index (χ1) is 16.0. The molecule has 2 unspecified atom stereocenters. The normalized spacial score (nSPS) is 25.6. The van der Waals surface area contributed by atoms with Crippen LogP contribution in [0.2, 0.25) is 0 Å². The van der Waals surface area contributed by atoms with Gasteiger partial charge in [-0.25, -0.2) is 14.6 Å². The van der Waals surface area contributed by atoms with E-state index in [9.17, 15) is 28.5 Å². The van der Waals surface area contributed by atoms with E-state index >= 15 is 0 Å². The molecular formula is C18H18BrF3N6O4S2. The molecule has 5 N–H and O–H groups in total. The molecule has 0 saturated carbocycles. The van der Waals surface area contributed by atoms with E-state index in [1.165, 1.54) is 28.3 Å². The number of anilines is 1. The van der Waals surface area contributed by atoms with Gasteiger partial charge in [0, 0.05) is 20.4 Å². The summed E-state index contributed by atoms with van der Waals surface area (Å²) in [6.45, 7) is 1.24. The number of hydrogen-bond acceptors (Lipinski definition) is 11. The van der Waals surface area contributed by atoms with Crippen molar-refractivity contribution in [2.75, 3.05) is 12.3 Å². The zero-order chi connectivity index (χ0) is 24.8. The van der Waals surface area contributed by atoms with Crippen molar-refractivity contribution in [2.24, 2.45) is 0 Å². The fourth-order valence-corrected chi connectivity index (χ4v) is 5.98. The number of aryl methyl sites for hydroxylation is 1. The van der Waals surface area contributed by atoms with Gasteiger partial charge in [-0.15, -0.1) is 16.4 Å². The molecule has 0 radical (unpaired) electrons. The summed E-state index contributed by atoms with van der Waals surface area (Å²) in [4.78, 5) is 8.73. The Bertz CT molecular complexity index is 1180. The number of nitrogens with zero attached hydrogens (tertiary/aromatic N) is 5. The number of halogens is 4. The first-order valence-electron chi connectivity index (χ1n) is 9.66. The highest BCUT2D eigenvalue weighted by atomic mass is 79.9. The molecule has 1 fully saturated rings. The molecule has 34 heavy (non-hydrogen) atoms. The monoisotopic (exact) mass is 582 g/mol. The highest BCUT2D eigenvalue weighted by Gasteiger charge is 2.46. The van der Waals surface area contributed by atoms with Crippen LogP contribution in [0.25, 0.3) is 11.4 Å². The largest absolute Gasteiger partial charge is 0.434 e. The maximum absolute atomic E-state index is 13.0. The molecule has 3 aromatic rings. The van der Waals surface area contributed by atoms with Crippen molar-refractivity contribution in [3.05, 3.63) is 33.5 Å². The van der Waals surface area contributed by atoms with E-state index in [1.807, 2.05) is 6.92 Å². The van der Waals surface area contributed by atoms with Crippen LogP contribution in [-0.2, 0) is 10.9 Å². The lowest BCUT2D eigenvalue weighted by Crippen LogP contribution is -2.55. The number of nitrogens with two attached hydrogens (primary N) is 1. The van der Waals surface area contributed by atoms with Crippen molar-refractivity contribution in [1.82, 2.24) is 25.0 Å². The van der Waals surface area contributed by atoms with Crippen LogP contribution in [-0.4, -0.2) is 70.6 Å². The smallest absolute Gasteiger partial charge is 0.394 e. The van der Waals surface area contributed by atoms with Crippen LogP contribution >= 0.6 is 39.0 Å². The number of hydrogen-bond donors (Lipinski definition) is 4. The van der Waals surface area contributed by atoms with E-state index < -0.39 is 48.3 Å². The van der Waals surface area contributed by atoms with Crippen LogP contribution in [0.5, 0.6) is 0 Å². The second kappa shape index (κ2) is 9.67. The average Bonchev–Trinajstić information content (AvgIpc) is 3.35. The van der Waals surface area contributed by atoms with Gasteiger partial charge in [-0.2, -0.15) is 13.2 Å². The Morgan fingerprint density at radius 1 is 1.32 bits per heavy atom. The highest BCUT2D eigenvalue weighted by Crippen LogP contribution is 2.40. The summed E-state index contributed by atoms with van der Waals surface area (Å²) in [5.41, 5.74) is 4.46. The van der Waals surface area contributed by atoms with Gasteiger partial charge in [-0.3, -0.25) is 0 Å². The van der Waals surface area contributed by atoms with E-state index in [1.54, 1.807) is 0 Å². The molecule has 0 spiro atoms. The van der Waals surface area contributed by atoms with Crippen molar-refractivity contribution in [2.45, 2.75) is 47.8 Å². The minimum absolute atomic E-state index is 0.267. The van der Waals surface area contributed by atoms with Crippen LogP contribution in [0.4, 0.5) is 18.3 Å². The number of ether oxygens (including phenoxy) is 1. The lowest BCUT2D eigenvalue weighted by atomic mass is 9.97. The molecule has 0 aliphatic carbocycles. The van der Waals surface area contributed by atoms with Crippen LogP contribution < -0.4 is 5.73 Å². The number of rotatable bonds is 5. The first kappa shape index (κ1) is 25.3. The zero-order valence-corrected chi connectivity index (χ0v) is 20.4. The van der Waals surface area contributed by atoms with Gasteiger partial charge in [0.1, 0.15) is 41.2 Å². The second-order valence-corrected chi connectivity index (χ2v) is 10.6. The van der Waals surface area contributed by atoms with Gasteiger partial charge in [0.25, 0.3) is 0 Å². The number of thioether (sulfide) groups is 1. The van der Waals surface area contributed by atoms with E-state index in [-0.39, 0.29) is 9.37 Å². The fourth-order valence-electron chi connectivity index (χ4n) is 3.49. The molecule has 1 aliphatic rings. The van der Waals surface area contributed by atoms with E-state index in [4.69, 9.17) is 10.5 Å². The highest BCUT2D eigenvalue weighted by molar-refractivity contribution is 9.10. The molecule has 3 aromatic heterocycles. The summed E-state index contributed by atoms with van der Waals surface area (Å²) in [6.07, 6.45) is -5.97.